The van der Waals surface area contributed by atoms with Crippen LogP contribution in [0.4, 0.5) is 9.18 Å². The summed E-state index contributed by atoms with van der Waals surface area (Å²) in [6.45, 7) is 4.90. The molecule has 0 aliphatic heterocycles. The van der Waals surface area contributed by atoms with Crippen molar-refractivity contribution in [3.63, 3.8) is 0 Å². The summed E-state index contributed by atoms with van der Waals surface area (Å²) < 4.78 is 58.7. The topological polar surface area (TPSA) is 171 Å². The third kappa shape index (κ3) is 6.85. The predicted octanol–water partition coefficient (Wildman–Crippen LogP) is 3.24. The number of halogens is 2. The van der Waals surface area contributed by atoms with Gasteiger partial charge in [-0.25, -0.2) is 27.9 Å². The maximum Gasteiger partial charge on any atom is 0.446 e. The molecule has 0 bridgehead atoms. The van der Waals surface area contributed by atoms with Gasteiger partial charge in [-0.3, -0.25) is 4.52 Å². The number of ether oxygens (including phenoxy) is 1. The Bertz CT molecular complexity index is 1470. The first-order chi connectivity index (χ1) is 17.8. The van der Waals surface area contributed by atoms with E-state index in [9.17, 15) is 22.4 Å². The van der Waals surface area contributed by atoms with Gasteiger partial charge in [-0.05, 0) is 98.1 Å². The molecule has 13 nitrogen and oxygen atoms in total. The van der Waals surface area contributed by atoms with Crippen LogP contribution < -0.4 is 15.2 Å². The van der Waals surface area contributed by atoms with E-state index in [-0.39, 0.29) is 28.0 Å². The van der Waals surface area contributed by atoms with Gasteiger partial charge in [0.15, 0.2) is 5.69 Å². The molecule has 38 heavy (non-hydrogen) atoms. The summed E-state index contributed by atoms with van der Waals surface area (Å²) in [5, 5.41) is 11.7. The highest BCUT2D eigenvalue weighted by Gasteiger charge is 2.30. The molecule has 3 aromatic rings. The van der Waals surface area contributed by atoms with Crippen molar-refractivity contribution in [2.24, 2.45) is 5.92 Å². The number of carbonyl (C=O) groups excluding carboxylic acids is 1. The van der Waals surface area contributed by atoms with Crippen molar-refractivity contribution in [2.45, 2.75) is 64.5 Å². The molecule has 2 N–H and O–H groups in total. The predicted molar refractivity (Wildman–Crippen MR) is 134 cm³/mol. The molecule has 0 spiro atoms. The summed E-state index contributed by atoms with van der Waals surface area (Å²) in [5.74, 6) is -1.12. The van der Waals surface area contributed by atoms with E-state index in [1.165, 1.54) is 18.2 Å². The first-order valence-electron chi connectivity index (χ1n) is 11.7. The second kappa shape index (κ2) is 10.9. The molecule has 4 rings (SSSR count). The van der Waals surface area contributed by atoms with Gasteiger partial charge in [0, 0.05) is 6.04 Å². The number of nitrogens with zero attached hydrogens (tertiary/aromatic N) is 4. The van der Waals surface area contributed by atoms with E-state index in [1.807, 2.05) is 4.72 Å². The van der Waals surface area contributed by atoms with Gasteiger partial charge >= 0.3 is 22.1 Å². The summed E-state index contributed by atoms with van der Waals surface area (Å²) in [7, 11) is -4.09. The van der Waals surface area contributed by atoms with E-state index >= 15 is 0 Å². The average Bonchev–Trinajstić information content (AvgIpc) is 3.41. The monoisotopic (exact) mass is 616 g/mol. The molecule has 0 saturated heterocycles. The summed E-state index contributed by atoms with van der Waals surface area (Å²) in [6.07, 6.45) is 1.74. The first kappa shape index (κ1) is 27.9. The maximum atomic E-state index is 13.7. The molecule has 2 heterocycles. The second-order valence-corrected chi connectivity index (χ2v) is 12.2. The fourth-order valence-electron chi connectivity index (χ4n) is 4.18. The fourth-order valence-corrected chi connectivity index (χ4v) is 5.54. The van der Waals surface area contributed by atoms with E-state index < -0.39 is 33.5 Å². The minimum atomic E-state index is -4.09. The molecule has 1 aliphatic rings. The number of nitrogens with one attached hydrogen (secondary N) is 2. The zero-order valence-electron chi connectivity index (χ0n) is 20.7. The Kier molecular flexibility index (Phi) is 8.04. The molecule has 1 aliphatic carbocycles. The van der Waals surface area contributed by atoms with Gasteiger partial charge in [0.25, 0.3) is 0 Å². The van der Waals surface area contributed by atoms with E-state index in [0.29, 0.717) is 43.5 Å². The Morgan fingerprint density at radius 1 is 1.21 bits per heavy atom. The molecule has 1 fully saturated rings. The molecule has 0 radical (unpaired) electrons. The molecule has 1 saturated carbocycles. The highest BCUT2D eigenvalue weighted by Crippen LogP contribution is 2.30. The lowest BCUT2D eigenvalue weighted by Gasteiger charge is -2.28. The molecule has 2 aromatic heterocycles. The highest BCUT2D eigenvalue weighted by molar-refractivity contribution is 9.10. The van der Waals surface area contributed by atoms with Gasteiger partial charge in [-0.15, -0.1) is 0 Å². The van der Waals surface area contributed by atoms with Crippen LogP contribution in [-0.2, 0) is 21.4 Å². The van der Waals surface area contributed by atoms with Crippen LogP contribution in [0.5, 0.6) is 0 Å². The zero-order chi connectivity index (χ0) is 27.7. The number of rotatable bonds is 7. The van der Waals surface area contributed by atoms with E-state index in [2.05, 4.69) is 36.1 Å². The van der Waals surface area contributed by atoms with Crippen LogP contribution in [0.1, 0.15) is 52.1 Å². The van der Waals surface area contributed by atoms with Gasteiger partial charge in [-0.2, -0.15) is 13.1 Å². The second-order valence-electron chi connectivity index (χ2n) is 9.91. The Hall–Kier alpha value is -3.11. The first-order valence-corrected chi connectivity index (χ1v) is 14.0. The van der Waals surface area contributed by atoms with Gasteiger partial charge in [-0.1, -0.05) is 10.3 Å². The Morgan fingerprint density at radius 2 is 1.92 bits per heavy atom. The standard InChI is InChI=1S/C22H26BrFN6O7S/c1-22(2,3)35-20(31)29-38(33,34)28-13-6-4-12(5-7-13)10-17-18(26-37-25-17)19-27-36-21(32)30(19)14-8-9-16(24)15(23)11-14/h8-9,11-13,28H,4-7,10H2,1-3H3,(H,29,31). The lowest BCUT2D eigenvalue weighted by Crippen LogP contribution is -2.47. The van der Waals surface area contributed by atoms with E-state index in [1.54, 1.807) is 20.8 Å². The van der Waals surface area contributed by atoms with Crippen molar-refractivity contribution in [2.75, 3.05) is 0 Å². The van der Waals surface area contributed by atoms with Gasteiger partial charge in [0.2, 0.25) is 5.82 Å². The molecule has 0 unspecified atom stereocenters. The normalized spacial score (nSPS) is 18.3. The van der Waals surface area contributed by atoms with Gasteiger partial charge in [0.05, 0.1) is 10.2 Å². The van der Waals surface area contributed by atoms with Crippen molar-refractivity contribution < 1.29 is 31.5 Å². The Morgan fingerprint density at radius 3 is 2.58 bits per heavy atom. The smallest absolute Gasteiger partial charge is 0.443 e. The molecule has 1 amide bonds. The maximum absolute atomic E-state index is 13.7. The number of amides is 1. The molecular weight excluding hydrogens is 591 g/mol. The summed E-state index contributed by atoms with van der Waals surface area (Å²) in [4.78, 5) is 24.2. The van der Waals surface area contributed by atoms with E-state index in [4.69, 9.17) is 13.9 Å². The van der Waals surface area contributed by atoms with Crippen LogP contribution in [0.3, 0.4) is 0 Å². The SMILES string of the molecule is CC(C)(C)OC(=O)NS(=O)(=O)NC1CCC(Cc2nonc2-c2noc(=O)n2-c2ccc(F)c(Br)c2)CC1. The molecule has 206 valence electrons. The van der Waals surface area contributed by atoms with Crippen LogP contribution in [0.15, 0.2) is 36.6 Å². The summed E-state index contributed by atoms with van der Waals surface area (Å²) in [6, 6.07) is 3.64. The van der Waals surface area contributed by atoms with Crippen LogP contribution in [0.2, 0.25) is 0 Å². The zero-order valence-corrected chi connectivity index (χ0v) is 23.1. The largest absolute Gasteiger partial charge is 0.446 e. The molecule has 0 atom stereocenters. The number of aromatic nitrogens is 4. The summed E-state index contributed by atoms with van der Waals surface area (Å²) >= 11 is 3.10. The van der Waals surface area contributed by atoms with Crippen LogP contribution in [0, 0.1) is 11.7 Å². The lowest BCUT2D eigenvalue weighted by molar-refractivity contribution is 0.0569. The average molecular weight is 617 g/mol. The van der Waals surface area contributed by atoms with E-state index in [0.717, 1.165) is 4.57 Å². The van der Waals surface area contributed by atoms with Crippen molar-refractivity contribution in [1.82, 2.24) is 29.5 Å². The molecule has 16 heteroatoms. The Balaban J connectivity index is 1.40. The number of benzene rings is 1. The van der Waals surface area contributed by atoms with Crippen molar-refractivity contribution in [3.8, 4) is 17.2 Å². The number of hydrogen-bond acceptors (Lipinski definition) is 10. The number of carbonyl (C=O) groups is 1. The third-order valence-corrected chi connectivity index (χ3v) is 7.49. The summed E-state index contributed by atoms with van der Waals surface area (Å²) in [5.41, 5.74) is 0.133. The van der Waals surface area contributed by atoms with Crippen LogP contribution >= 0.6 is 15.9 Å². The molecular formula is C22H26BrFN6O7S. The van der Waals surface area contributed by atoms with Crippen molar-refractivity contribution in [1.29, 1.82) is 0 Å². The van der Waals surface area contributed by atoms with Crippen molar-refractivity contribution >= 4 is 32.2 Å². The minimum Gasteiger partial charge on any atom is -0.443 e. The fraction of sp³-hybridized carbons (Fsp3) is 0.500. The Labute approximate surface area is 225 Å². The third-order valence-electron chi connectivity index (χ3n) is 5.80. The van der Waals surface area contributed by atoms with Crippen LogP contribution in [0.25, 0.3) is 17.2 Å². The van der Waals surface area contributed by atoms with Crippen LogP contribution in [-0.4, -0.2) is 46.2 Å². The van der Waals surface area contributed by atoms with Gasteiger partial charge in [0.1, 0.15) is 17.1 Å². The number of hydrogen-bond donors (Lipinski definition) is 2. The molecule has 1 aromatic carbocycles. The minimum absolute atomic E-state index is 0.0550. The quantitative estimate of drug-likeness (QED) is 0.401. The van der Waals surface area contributed by atoms with Crippen molar-refractivity contribution in [3.05, 3.63) is 44.7 Å². The highest BCUT2D eigenvalue weighted by atomic mass is 79.9. The van der Waals surface area contributed by atoms with Gasteiger partial charge < -0.3 is 4.74 Å². The lowest BCUT2D eigenvalue weighted by atomic mass is 9.83.